The monoisotopic (exact) mass is 447 g/mol. The normalized spacial score (nSPS) is 15.1. The van der Waals surface area contributed by atoms with E-state index in [4.69, 9.17) is 5.11 Å². The molecule has 1 aromatic carbocycles. The van der Waals surface area contributed by atoms with Crippen molar-refractivity contribution < 1.29 is 23.4 Å². The smallest absolute Gasteiger partial charge is 0.407 e. The minimum Gasteiger partial charge on any atom is -0.465 e. The summed E-state index contributed by atoms with van der Waals surface area (Å²) in [6, 6.07) is 5.81. The van der Waals surface area contributed by atoms with E-state index in [1.807, 2.05) is 0 Å². The first-order chi connectivity index (χ1) is 14.8. The van der Waals surface area contributed by atoms with Gasteiger partial charge in [0.05, 0.1) is 11.5 Å². The summed E-state index contributed by atoms with van der Waals surface area (Å²) in [6.07, 6.45) is 4.60. The van der Waals surface area contributed by atoms with Crippen molar-refractivity contribution in [2.75, 3.05) is 31.6 Å². The van der Waals surface area contributed by atoms with Crippen LogP contribution in [0, 0.1) is 0 Å². The number of nitrogens with zero attached hydrogens (tertiary/aromatic N) is 4. The zero-order valence-electron chi connectivity index (χ0n) is 16.9. The Morgan fingerprint density at radius 1 is 1.23 bits per heavy atom. The van der Waals surface area contributed by atoms with Crippen LogP contribution in [-0.4, -0.2) is 76.2 Å². The van der Waals surface area contributed by atoms with Crippen LogP contribution in [-0.2, 0) is 10.0 Å². The number of sulfonamides is 1. The quantitative estimate of drug-likeness (QED) is 0.559. The molecule has 1 amide bonds. The van der Waals surface area contributed by atoms with Gasteiger partial charge in [-0.1, -0.05) is 12.7 Å². The van der Waals surface area contributed by atoms with Crippen LogP contribution in [0.4, 0.5) is 16.4 Å². The molecule has 11 heteroatoms. The van der Waals surface area contributed by atoms with Gasteiger partial charge in [0.25, 0.3) is 0 Å². The molecule has 0 spiro atoms. The van der Waals surface area contributed by atoms with Crippen LogP contribution in [0.25, 0.3) is 6.08 Å². The molecule has 166 valence electrons. The van der Waals surface area contributed by atoms with E-state index < -0.39 is 16.1 Å². The molecule has 1 aliphatic heterocycles. The topological polar surface area (TPSA) is 136 Å². The average Bonchev–Trinajstić information content (AvgIpc) is 2.78. The maximum absolute atomic E-state index is 13.2. The van der Waals surface area contributed by atoms with Crippen LogP contribution in [0.15, 0.2) is 48.1 Å². The highest BCUT2D eigenvalue weighted by molar-refractivity contribution is 7.89. The van der Waals surface area contributed by atoms with Gasteiger partial charge in [0.2, 0.25) is 16.0 Å². The molecule has 0 bridgehead atoms. The minimum atomic E-state index is -3.86. The number of piperidine rings is 1. The fourth-order valence-corrected chi connectivity index (χ4v) is 5.10. The molecule has 1 fully saturated rings. The maximum Gasteiger partial charge on any atom is 0.407 e. The number of aliphatic hydroxyl groups is 1. The number of aromatic nitrogens is 2. The number of nitrogens with one attached hydrogen (secondary N) is 1. The average molecular weight is 448 g/mol. The summed E-state index contributed by atoms with van der Waals surface area (Å²) in [5, 5.41) is 21.5. The number of hydrogen-bond donors (Lipinski definition) is 3. The lowest BCUT2D eigenvalue weighted by molar-refractivity contribution is 0.114. The summed E-state index contributed by atoms with van der Waals surface area (Å²) in [6.45, 7) is 3.78. The van der Waals surface area contributed by atoms with E-state index in [0.717, 1.165) is 5.56 Å². The Morgan fingerprint density at radius 3 is 2.35 bits per heavy atom. The molecule has 31 heavy (non-hydrogen) atoms. The second kappa shape index (κ2) is 9.86. The molecule has 1 saturated heterocycles. The third-order valence-electron chi connectivity index (χ3n) is 5.09. The molecule has 1 aliphatic rings. The largest absolute Gasteiger partial charge is 0.465 e. The molecule has 0 aliphatic carbocycles. The molecule has 2 aromatic rings. The van der Waals surface area contributed by atoms with Crippen molar-refractivity contribution in [3.05, 3.63) is 48.8 Å². The summed E-state index contributed by atoms with van der Waals surface area (Å²) in [5.41, 5.74) is 1.40. The summed E-state index contributed by atoms with van der Waals surface area (Å²) in [7, 11) is -3.86. The number of likely N-dealkylation sites (tertiary alicyclic amines) is 1. The summed E-state index contributed by atoms with van der Waals surface area (Å²) >= 11 is 0. The van der Waals surface area contributed by atoms with Gasteiger partial charge in [-0.15, -0.1) is 0 Å². The predicted molar refractivity (Wildman–Crippen MR) is 115 cm³/mol. The lowest BCUT2D eigenvalue weighted by atomic mass is 10.1. The van der Waals surface area contributed by atoms with Crippen LogP contribution in [0.1, 0.15) is 18.4 Å². The summed E-state index contributed by atoms with van der Waals surface area (Å²) in [5.74, 6) is 0.369. The Balaban J connectivity index is 1.74. The molecular formula is C20H25N5O5S. The SMILES string of the molecule is C=Cc1cnc(Nc2ccc(S(=O)(=O)N(CCO)C3CCN(C(=O)O)CC3)cc2)nc1. The molecule has 10 nitrogen and oxygen atoms in total. The third-order valence-corrected chi connectivity index (χ3v) is 7.05. The fourth-order valence-electron chi connectivity index (χ4n) is 3.43. The van der Waals surface area contributed by atoms with Crippen molar-refractivity contribution >= 4 is 33.8 Å². The minimum absolute atomic E-state index is 0.0520. The van der Waals surface area contributed by atoms with Gasteiger partial charge >= 0.3 is 6.09 Å². The lowest BCUT2D eigenvalue weighted by Gasteiger charge is -2.36. The number of anilines is 2. The highest BCUT2D eigenvalue weighted by Crippen LogP contribution is 2.25. The van der Waals surface area contributed by atoms with Crippen LogP contribution < -0.4 is 5.32 Å². The predicted octanol–water partition coefficient (Wildman–Crippen LogP) is 1.99. The lowest BCUT2D eigenvalue weighted by Crippen LogP contribution is -2.49. The third kappa shape index (κ3) is 5.37. The number of hydrogen-bond acceptors (Lipinski definition) is 7. The Morgan fingerprint density at radius 2 is 1.84 bits per heavy atom. The number of carboxylic acid groups (broad SMARTS) is 1. The van der Waals surface area contributed by atoms with Gasteiger partial charge in [0, 0.05) is 49.3 Å². The first kappa shape index (κ1) is 22.7. The second-order valence-corrected chi connectivity index (χ2v) is 8.92. The van der Waals surface area contributed by atoms with Crippen LogP contribution in [0.2, 0.25) is 0 Å². The van der Waals surface area contributed by atoms with Crippen LogP contribution >= 0.6 is 0 Å². The van der Waals surface area contributed by atoms with E-state index in [2.05, 4.69) is 21.9 Å². The molecule has 1 aromatic heterocycles. The van der Waals surface area contributed by atoms with Crippen molar-refractivity contribution in [3.8, 4) is 0 Å². The standard InChI is InChI=1S/C20H25N5O5S/c1-2-15-13-21-19(22-14-15)23-16-3-5-18(6-4-16)31(29,30)25(11-12-26)17-7-9-24(10-8-17)20(27)28/h2-6,13-14,17,26H,1,7-12H2,(H,27,28)(H,21,22,23). The molecule has 0 saturated carbocycles. The van der Waals surface area contributed by atoms with Gasteiger partial charge in [-0.25, -0.2) is 23.2 Å². The summed E-state index contributed by atoms with van der Waals surface area (Å²) < 4.78 is 27.7. The number of benzene rings is 1. The van der Waals surface area contributed by atoms with E-state index in [1.165, 1.54) is 21.3 Å². The van der Waals surface area contributed by atoms with Gasteiger partial charge in [-0.05, 0) is 37.1 Å². The number of aliphatic hydroxyl groups excluding tert-OH is 1. The second-order valence-electron chi connectivity index (χ2n) is 7.03. The Kier molecular flexibility index (Phi) is 7.21. The molecule has 2 heterocycles. The molecule has 3 rings (SSSR count). The van der Waals surface area contributed by atoms with Gasteiger partial charge in [0.15, 0.2) is 0 Å². The number of amides is 1. The molecule has 0 radical (unpaired) electrons. The van der Waals surface area contributed by atoms with Gasteiger partial charge in [0.1, 0.15) is 0 Å². The Bertz CT molecular complexity index is 1000. The van der Waals surface area contributed by atoms with Gasteiger partial charge in [-0.2, -0.15) is 4.31 Å². The van der Waals surface area contributed by atoms with E-state index in [9.17, 15) is 18.3 Å². The van der Waals surface area contributed by atoms with Crippen molar-refractivity contribution in [2.24, 2.45) is 0 Å². The maximum atomic E-state index is 13.2. The van der Waals surface area contributed by atoms with Crippen LogP contribution in [0.3, 0.4) is 0 Å². The Labute approximate surface area is 180 Å². The zero-order chi connectivity index (χ0) is 22.4. The van der Waals surface area contributed by atoms with Crippen molar-refractivity contribution in [2.45, 2.75) is 23.8 Å². The zero-order valence-corrected chi connectivity index (χ0v) is 17.7. The number of rotatable bonds is 8. The molecular weight excluding hydrogens is 422 g/mol. The van der Waals surface area contributed by atoms with Crippen molar-refractivity contribution in [3.63, 3.8) is 0 Å². The van der Waals surface area contributed by atoms with Crippen molar-refractivity contribution in [1.82, 2.24) is 19.2 Å². The van der Waals surface area contributed by atoms with Gasteiger partial charge in [-0.3, -0.25) is 0 Å². The van der Waals surface area contributed by atoms with Crippen molar-refractivity contribution in [1.29, 1.82) is 0 Å². The number of carbonyl (C=O) groups is 1. The van der Waals surface area contributed by atoms with Gasteiger partial charge < -0.3 is 20.4 Å². The summed E-state index contributed by atoms with van der Waals surface area (Å²) in [4.78, 5) is 20.8. The van der Waals surface area contributed by atoms with E-state index in [1.54, 1.807) is 30.6 Å². The molecule has 0 atom stereocenters. The fraction of sp³-hybridized carbons (Fsp3) is 0.350. The van der Waals surface area contributed by atoms with E-state index in [-0.39, 0.29) is 37.2 Å². The molecule has 0 unspecified atom stereocenters. The van der Waals surface area contributed by atoms with E-state index >= 15 is 0 Å². The van der Waals surface area contributed by atoms with Crippen LogP contribution in [0.5, 0.6) is 0 Å². The first-order valence-corrected chi connectivity index (χ1v) is 11.2. The highest BCUT2D eigenvalue weighted by atomic mass is 32.2. The van der Waals surface area contributed by atoms with E-state index in [0.29, 0.717) is 24.5 Å². The Hall–Kier alpha value is -3.02. The highest BCUT2D eigenvalue weighted by Gasteiger charge is 2.34. The molecule has 3 N–H and O–H groups in total. The first-order valence-electron chi connectivity index (χ1n) is 9.77.